The number of para-hydroxylation sites is 1. The third-order valence-corrected chi connectivity index (χ3v) is 3.98. The number of nitrogens with one attached hydrogen (secondary N) is 2. The van der Waals surface area contributed by atoms with E-state index in [0.29, 0.717) is 23.1 Å². The number of rotatable bonds is 8. The van der Waals surface area contributed by atoms with Crippen LogP contribution in [0.2, 0.25) is 5.02 Å². The van der Waals surface area contributed by atoms with E-state index >= 15 is 0 Å². The van der Waals surface area contributed by atoms with Crippen molar-refractivity contribution in [2.75, 3.05) is 19.7 Å². The van der Waals surface area contributed by atoms with Crippen LogP contribution >= 0.6 is 11.6 Å². The number of carbonyl (C=O) groups is 2. The second-order valence-corrected chi connectivity index (χ2v) is 5.86. The van der Waals surface area contributed by atoms with Crippen LogP contribution in [-0.2, 0) is 11.3 Å². The molecule has 0 atom stereocenters. The molecule has 2 amide bonds. The van der Waals surface area contributed by atoms with Crippen molar-refractivity contribution in [1.82, 2.24) is 15.8 Å². The van der Waals surface area contributed by atoms with Crippen molar-refractivity contribution in [3.05, 3.63) is 52.9 Å². The van der Waals surface area contributed by atoms with Gasteiger partial charge in [0.25, 0.3) is 5.91 Å². The molecule has 26 heavy (non-hydrogen) atoms. The molecule has 0 radical (unpaired) electrons. The van der Waals surface area contributed by atoms with E-state index < -0.39 is 11.8 Å². The van der Waals surface area contributed by atoms with E-state index in [2.05, 4.69) is 29.6 Å². The molecule has 7 nitrogen and oxygen atoms in total. The summed E-state index contributed by atoms with van der Waals surface area (Å²) >= 11 is 5.93. The largest absolute Gasteiger partial charge is 0.482 e. The zero-order chi connectivity index (χ0) is 18.9. The van der Waals surface area contributed by atoms with Crippen LogP contribution in [0.15, 0.2) is 40.8 Å². The molecule has 0 unspecified atom stereocenters. The van der Waals surface area contributed by atoms with Crippen molar-refractivity contribution < 1.29 is 18.7 Å². The Morgan fingerprint density at radius 1 is 1.12 bits per heavy atom. The molecule has 1 heterocycles. The van der Waals surface area contributed by atoms with Crippen molar-refractivity contribution >= 4 is 23.4 Å². The van der Waals surface area contributed by atoms with E-state index in [1.165, 1.54) is 0 Å². The first-order chi connectivity index (χ1) is 12.5. The minimum atomic E-state index is -0.540. The first kappa shape index (κ1) is 19.8. The third kappa shape index (κ3) is 5.79. The molecular formula is C18H22ClN3O4. The molecular weight excluding hydrogens is 358 g/mol. The standard InChI is InChI=1S/C18H22ClN3O4/c1-3-22(4-2)11-13-9-10-16(26-13)18(24)21-20-17(23)12-25-15-8-6-5-7-14(15)19/h5-10H,3-4,11-12H2,1-2H3,(H,20,23)(H,21,24). The highest BCUT2D eigenvalue weighted by Crippen LogP contribution is 2.22. The predicted octanol–water partition coefficient (Wildman–Crippen LogP) is 2.61. The number of hydrogen-bond donors (Lipinski definition) is 2. The van der Waals surface area contributed by atoms with Gasteiger partial charge in [-0.25, -0.2) is 0 Å². The SMILES string of the molecule is CCN(CC)Cc1ccc(C(=O)NNC(=O)COc2ccccc2Cl)o1. The molecule has 0 aliphatic heterocycles. The van der Waals surface area contributed by atoms with Gasteiger partial charge in [0, 0.05) is 0 Å². The van der Waals surface area contributed by atoms with Crippen molar-refractivity contribution in [3.8, 4) is 5.75 Å². The topological polar surface area (TPSA) is 83.8 Å². The Hall–Kier alpha value is -2.51. The van der Waals surface area contributed by atoms with Gasteiger partial charge < -0.3 is 9.15 Å². The van der Waals surface area contributed by atoms with Gasteiger partial charge in [0.15, 0.2) is 12.4 Å². The summed E-state index contributed by atoms with van der Waals surface area (Å²) in [7, 11) is 0. The quantitative estimate of drug-likeness (QED) is 0.689. The number of ether oxygens (including phenoxy) is 1. The van der Waals surface area contributed by atoms with E-state index in [1.807, 2.05) is 0 Å². The highest BCUT2D eigenvalue weighted by atomic mass is 35.5. The Bertz CT molecular complexity index is 744. The Morgan fingerprint density at radius 2 is 1.85 bits per heavy atom. The minimum absolute atomic E-state index is 0.125. The Morgan fingerprint density at radius 3 is 2.54 bits per heavy atom. The molecule has 0 fully saturated rings. The van der Waals surface area contributed by atoms with Crippen LogP contribution in [0.25, 0.3) is 0 Å². The van der Waals surface area contributed by atoms with Crippen LogP contribution < -0.4 is 15.6 Å². The first-order valence-corrected chi connectivity index (χ1v) is 8.68. The number of nitrogens with zero attached hydrogens (tertiary/aromatic N) is 1. The normalized spacial score (nSPS) is 10.6. The molecule has 0 bridgehead atoms. The lowest BCUT2D eigenvalue weighted by Crippen LogP contribution is -2.43. The third-order valence-electron chi connectivity index (χ3n) is 3.67. The molecule has 0 saturated heterocycles. The fourth-order valence-electron chi connectivity index (χ4n) is 2.18. The van der Waals surface area contributed by atoms with Crippen LogP contribution in [-0.4, -0.2) is 36.4 Å². The lowest BCUT2D eigenvalue weighted by atomic mass is 10.3. The molecule has 0 aliphatic carbocycles. The highest BCUT2D eigenvalue weighted by Gasteiger charge is 2.14. The molecule has 0 saturated carbocycles. The number of furan rings is 1. The van der Waals surface area contributed by atoms with Crippen molar-refractivity contribution in [1.29, 1.82) is 0 Å². The van der Waals surface area contributed by atoms with Crippen molar-refractivity contribution in [2.24, 2.45) is 0 Å². The summed E-state index contributed by atoms with van der Waals surface area (Å²) in [5, 5.41) is 0.403. The molecule has 0 spiro atoms. The zero-order valence-corrected chi connectivity index (χ0v) is 15.5. The summed E-state index contributed by atoms with van der Waals surface area (Å²) in [6.45, 7) is 6.23. The van der Waals surface area contributed by atoms with Gasteiger partial charge in [-0.3, -0.25) is 25.3 Å². The van der Waals surface area contributed by atoms with Crippen LogP contribution in [0.5, 0.6) is 5.75 Å². The lowest BCUT2D eigenvalue weighted by molar-refractivity contribution is -0.123. The number of halogens is 1. The maximum absolute atomic E-state index is 12.0. The average Bonchev–Trinajstić information content (AvgIpc) is 3.12. The fourth-order valence-corrected chi connectivity index (χ4v) is 2.37. The highest BCUT2D eigenvalue weighted by molar-refractivity contribution is 6.32. The Kier molecular flexibility index (Phi) is 7.50. The van der Waals surface area contributed by atoms with Gasteiger partial charge in [-0.2, -0.15) is 0 Å². The minimum Gasteiger partial charge on any atom is -0.482 e. The van der Waals surface area contributed by atoms with Crippen LogP contribution in [0, 0.1) is 0 Å². The van der Waals surface area contributed by atoms with E-state index in [4.69, 9.17) is 20.8 Å². The van der Waals surface area contributed by atoms with Crippen molar-refractivity contribution in [3.63, 3.8) is 0 Å². The van der Waals surface area contributed by atoms with Gasteiger partial charge in [-0.05, 0) is 37.4 Å². The van der Waals surface area contributed by atoms with Gasteiger partial charge in [0.05, 0.1) is 11.6 Å². The van der Waals surface area contributed by atoms with Gasteiger partial charge in [0.1, 0.15) is 11.5 Å². The number of amides is 2. The summed E-state index contributed by atoms with van der Waals surface area (Å²) in [4.78, 5) is 25.9. The number of hydrazine groups is 1. The monoisotopic (exact) mass is 379 g/mol. The van der Waals surface area contributed by atoms with Crippen molar-refractivity contribution in [2.45, 2.75) is 20.4 Å². The molecule has 140 valence electrons. The van der Waals surface area contributed by atoms with Gasteiger partial charge in [-0.15, -0.1) is 0 Å². The second kappa shape index (κ2) is 9.84. The zero-order valence-electron chi connectivity index (χ0n) is 14.8. The molecule has 1 aromatic carbocycles. The summed E-state index contributed by atoms with van der Waals surface area (Å²) in [6.07, 6.45) is 0. The molecule has 8 heteroatoms. The number of hydrogen-bond acceptors (Lipinski definition) is 5. The summed E-state index contributed by atoms with van der Waals surface area (Å²) in [6, 6.07) is 10.1. The van der Waals surface area contributed by atoms with E-state index in [9.17, 15) is 9.59 Å². The number of benzene rings is 1. The molecule has 0 aliphatic rings. The van der Waals surface area contributed by atoms with Gasteiger partial charge in [-0.1, -0.05) is 37.6 Å². The summed E-state index contributed by atoms with van der Waals surface area (Å²) < 4.78 is 10.8. The molecule has 1 aromatic heterocycles. The number of carbonyl (C=O) groups excluding carboxylic acids is 2. The lowest BCUT2D eigenvalue weighted by Gasteiger charge is -2.15. The van der Waals surface area contributed by atoms with E-state index in [-0.39, 0.29) is 12.4 Å². The smallest absolute Gasteiger partial charge is 0.305 e. The van der Waals surface area contributed by atoms with Crippen LogP contribution in [0.4, 0.5) is 0 Å². The van der Waals surface area contributed by atoms with E-state index in [0.717, 1.165) is 13.1 Å². The molecule has 2 rings (SSSR count). The van der Waals surface area contributed by atoms with Gasteiger partial charge in [0.2, 0.25) is 0 Å². The average molecular weight is 380 g/mol. The van der Waals surface area contributed by atoms with Gasteiger partial charge >= 0.3 is 5.91 Å². The van der Waals surface area contributed by atoms with E-state index in [1.54, 1.807) is 36.4 Å². The maximum atomic E-state index is 12.0. The summed E-state index contributed by atoms with van der Waals surface area (Å²) in [5.41, 5.74) is 4.55. The Labute approximate surface area is 157 Å². The predicted molar refractivity (Wildman–Crippen MR) is 97.9 cm³/mol. The maximum Gasteiger partial charge on any atom is 0.305 e. The van der Waals surface area contributed by atoms with Crippen LogP contribution in [0.1, 0.15) is 30.2 Å². The second-order valence-electron chi connectivity index (χ2n) is 5.45. The molecule has 2 N–H and O–H groups in total. The Balaban J connectivity index is 1.78. The molecule has 2 aromatic rings. The summed E-state index contributed by atoms with van der Waals surface area (Å²) in [5.74, 6) is 0.143. The first-order valence-electron chi connectivity index (χ1n) is 8.31. The van der Waals surface area contributed by atoms with Crippen LogP contribution in [0.3, 0.4) is 0 Å². The fraction of sp³-hybridized carbons (Fsp3) is 0.333.